The van der Waals surface area contributed by atoms with Crippen LogP contribution in [0.15, 0.2) is 12.4 Å². The van der Waals surface area contributed by atoms with E-state index in [2.05, 4.69) is 20.9 Å². The van der Waals surface area contributed by atoms with Crippen LogP contribution in [0.25, 0.3) is 0 Å². The van der Waals surface area contributed by atoms with Gasteiger partial charge in [-0.3, -0.25) is 9.58 Å². The standard InChI is InChI=1S/C13H22N4/c14-13-2-1-5-16(10-13)7-12-6-15-17(9-12)8-11-3-4-11/h6,9,11,13H,1-5,7-8,10,14H2. The van der Waals surface area contributed by atoms with Gasteiger partial charge in [-0.1, -0.05) is 0 Å². The van der Waals surface area contributed by atoms with Crippen LogP contribution in [0.5, 0.6) is 0 Å². The first-order chi connectivity index (χ1) is 8.29. The largest absolute Gasteiger partial charge is 0.327 e. The predicted molar refractivity (Wildman–Crippen MR) is 67.4 cm³/mol. The van der Waals surface area contributed by atoms with E-state index in [0.717, 1.165) is 25.6 Å². The molecule has 1 unspecified atom stereocenters. The lowest BCUT2D eigenvalue weighted by molar-refractivity contribution is 0.201. The molecule has 1 aliphatic heterocycles. The van der Waals surface area contributed by atoms with Crippen molar-refractivity contribution in [3.05, 3.63) is 18.0 Å². The van der Waals surface area contributed by atoms with Gasteiger partial charge in [0.15, 0.2) is 0 Å². The van der Waals surface area contributed by atoms with Crippen LogP contribution in [-0.4, -0.2) is 33.8 Å². The molecule has 17 heavy (non-hydrogen) atoms. The smallest absolute Gasteiger partial charge is 0.0534 e. The Kier molecular flexibility index (Phi) is 3.16. The minimum atomic E-state index is 0.366. The van der Waals surface area contributed by atoms with Crippen LogP contribution in [0.4, 0.5) is 0 Å². The van der Waals surface area contributed by atoms with Crippen LogP contribution in [-0.2, 0) is 13.1 Å². The maximum Gasteiger partial charge on any atom is 0.0534 e. The van der Waals surface area contributed by atoms with Gasteiger partial charge in [-0.2, -0.15) is 5.10 Å². The Labute approximate surface area is 103 Å². The van der Waals surface area contributed by atoms with Crippen molar-refractivity contribution in [3.8, 4) is 0 Å². The van der Waals surface area contributed by atoms with Gasteiger partial charge in [0.2, 0.25) is 0 Å². The van der Waals surface area contributed by atoms with E-state index in [1.54, 1.807) is 0 Å². The van der Waals surface area contributed by atoms with Crippen molar-refractivity contribution in [1.29, 1.82) is 0 Å². The van der Waals surface area contributed by atoms with Crippen LogP contribution < -0.4 is 5.73 Å². The quantitative estimate of drug-likeness (QED) is 0.852. The summed E-state index contributed by atoms with van der Waals surface area (Å²) in [6.45, 7) is 4.34. The van der Waals surface area contributed by atoms with Crippen molar-refractivity contribution in [2.24, 2.45) is 11.7 Å². The molecule has 1 aromatic rings. The van der Waals surface area contributed by atoms with E-state index in [-0.39, 0.29) is 0 Å². The lowest BCUT2D eigenvalue weighted by atomic mass is 10.1. The molecule has 1 saturated heterocycles. The maximum absolute atomic E-state index is 6.00. The third kappa shape index (κ3) is 3.07. The normalized spacial score (nSPS) is 26.3. The number of likely N-dealkylation sites (tertiary alicyclic amines) is 1. The van der Waals surface area contributed by atoms with E-state index < -0.39 is 0 Å². The highest BCUT2D eigenvalue weighted by molar-refractivity contribution is 5.04. The first-order valence-electron chi connectivity index (χ1n) is 6.79. The molecule has 2 fully saturated rings. The van der Waals surface area contributed by atoms with Gasteiger partial charge in [0.1, 0.15) is 0 Å². The van der Waals surface area contributed by atoms with E-state index in [1.807, 2.05) is 6.20 Å². The molecule has 0 bridgehead atoms. The monoisotopic (exact) mass is 234 g/mol. The molecule has 1 atom stereocenters. The van der Waals surface area contributed by atoms with Gasteiger partial charge in [0.05, 0.1) is 6.20 Å². The number of piperidine rings is 1. The number of hydrogen-bond donors (Lipinski definition) is 1. The van der Waals surface area contributed by atoms with Gasteiger partial charge in [0, 0.05) is 37.4 Å². The van der Waals surface area contributed by atoms with Crippen LogP contribution in [0, 0.1) is 5.92 Å². The van der Waals surface area contributed by atoms with Gasteiger partial charge in [-0.15, -0.1) is 0 Å². The highest BCUT2D eigenvalue weighted by Gasteiger charge is 2.22. The minimum absolute atomic E-state index is 0.366. The molecule has 0 amide bonds. The zero-order valence-electron chi connectivity index (χ0n) is 10.4. The minimum Gasteiger partial charge on any atom is -0.327 e. The first-order valence-corrected chi connectivity index (χ1v) is 6.79. The summed E-state index contributed by atoms with van der Waals surface area (Å²) in [6, 6.07) is 0.366. The van der Waals surface area contributed by atoms with Gasteiger partial charge < -0.3 is 5.73 Å². The molecule has 0 radical (unpaired) electrons. The Hall–Kier alpha value is -0.870. The molecule has 4 heteroatoms. The average Bonchev–Trinajstić information content (AvgIpc) is 2.99. The van der Waals surface area contributed by atoms with Crippen molar-refractivity contribution in [3.63, 3.8) is 0 Å². The summed E-state index contributed by atoms with van der Waals surface area (Å²) in [7, 11) is 0. The summed E-state index contributed by atoms with van der Waals surface area (Å²) in [5.41, 5.74) is 7.33. The summed E-state index contributed by atoms with van der Waals surface area (Å²) >= 11 is 0. The molecule has 94 valence electrons. The third-order valence-corrected chi connectivity index (χ3v) is 3.78. The van der Waals surface area contributed by atoms with Crippen molar-refractivity contribution < 1.29 is 0 Å². The number of aromatic nitrogens is 2. The molecule has 1 saturated carbocycles. The second-order valence-electron chi connectivity index (χ2n) is 5.65. The first kappa shape index (κ1) is 11.2. The van der Waals surface area contributed by atoms with Crippen LogP contribution >= 0.6 is 0 Å². The second-order valence-corrected chi connectivity index (χ2v) is 5.65. The molecule has 4 nitrogen and oxygen atoms in total. The maximum atomic E-state index is 6.00. The molecule has 0 spiro atoms. The molecule has 2 N–H and O–H groups in total. The molecule has 2 aliphatic rings. The van der Waals surface area contributed by atoms with Crippen molar-refractivity contribution >= 4 is 0 Å². The van der Waals surface area contributed by atoms with E-state index in [9.17, 15) is 0 Å². The summed E-state index contributed by atoms with van der Waals surface area (Å²) in [5, 5.41) is 4.44. The molecule has 1 aromatic heterocycles. The number of hydrogen-bond acceptors (Lipinski definition) is 3. The van der Waals surface area contributed by atoms with E-state index in [1.165, 1.54) is 37.8 Å². The van der Waals surface area contributed by atoms with E-state index in [4.69, 9.17) is 5.73 Å². The lowest BCUT2D eigenvalue weighted by Crippen LogP contribution is -2.42. The zero-order valence-corrected chi connectivity index (χ0v) is 10.4. The fraction of sp³-hybridized carbons (Fsp3) is 0.769. The van der Waals surface area contributed by atoms with E-state index >= 15 is 0 Å². The van der Waals surface area contributed by atoms with Crippen LogP contribution in [0.1, 0.15) is 31.2 Å². The van der Waals surface area contributed by atoms with E-state index in [0.29, 0.717) is 6.04 Å². The summed E-state index contributed by atoms with van der Waals surface area (Å²) in [4.78, 5) is 2.45. The Bertz CT molecular complexity index is 369. The zero-order chi connectivity index (χ0) is 11.7. The number of nitrogens with two attached hydrogens (primary N) is 1. The van der Waals surface area contributed by atoms with Gasteiger partial charge in [0.25, 0.3) is 0 Å². The Balaban J connectivity index is 1.54. The van der Waals surface area contributed by atoms with Crippen molar-refractivity contribution in [2.75, 3.05) is 13.1 Å². The molecule has 0 aromatic carbocycles. The number of nitrogens with zero attached hydrogens (tertiary/aromatic N) is 3. The predicted octanol–water partition coefficient (Wildman–Crippen LogP) is 1.22. The topological polar surface area (TPSA) is 47.1 Å². The average molecular weight is 234 g/mol. The number of rotatable bonds is 4. The lowest BCUT2D eigenvalue weighted by Gasteiger charge is -2.30. The van der Waals surface area contributed by atoms with Gasteiger partial charge in [-0.05, 0) is 38.1 Å². The van der Waals surface area contributed by atoms with Crippen molar-refractivity contribution in [2.45, 2.75) is 44.8 Å². The fourth-order valence-electron chi connectivity index (χ4n) is 2.65. The summed E-state index contributed by atoms with van der Waals surface area (Å²) in [5.74, 6) is 0.895. The Morgan fingerprint density at radius 1 is 1.35 bits per heavy atom. The molecule has 1 aliphatic carbocycles. The third-order valence-electron chi connectivity index (χ3n) is 3.78. The molecular weight excluding hydrogens is 212 g/mol. The summed E-state index contributed by atoms with van der Waals surface area (Å²) < 4.78 is 2.11. The fourth-order valence-corrected chi connectivity index (χ4v) is 2.65. The summed E-state index contributed by atoms with van der Waals surface area (Å²) in [6.07, 6.45) is 9.40. The van der Waals surface area contributed by atoms with Crippen LogP contribution in [0.2, 0.25) is 0 Å². The van der Waals surface area contributed by atoms with Crippen molar-refractivity contribution in [1.82, 2.24) is 14.7 Å². The highest BCUT2D eigenvalue weighted by Crippen LogP contribution is 2.30. The van der Waals surface area contributed by atoms with Gasteiger partial charge >= 0.3 is 0 Å². The molecule has 2 heterocycles. The molecular formula is C13H22N4. The van der Waals surface area contributed by atoms with Crippen LogP contribution in [0.3, 0.4) is 0 Å². The second kappa shape index (κ2) is 4.78. The SMILES string of the molecule is NC1CCCN(Cc2cnn(CC3CC3)c2)C1. The van der Waals surface area contributed by atoms with Gasteiger partial charge in [-0.25, -0.2) is 0 Å². The highest BCUT2D eigenvalue weighted by atomic mass is 15.3. The Morgan fingerprint density at radius 3 is 3.00 bits per heavy atom. The molecule has 3 rings (SSSR count). The Morgan fingerprint density at radius 2 is 2.24 bits per heavy atom.